The summed E-state index contributed by atoms with van der Waals surface area (Å²) in [7, 11) is -0.358. The molecule has 0 unspecified atom stereocenters. The summed E-state index contributed by atoms with van der Waals surface area (Å²) >= 11 is 0. The van der Waals surface area contributed by atoms with Gasteiger partial charge in [-0.1, -0.05) is 36.4 Å². The quantitative estimate of drug-likeness (QED) is 0.747. The predicted molar refractivity (Wildman–Crippen MR) is 119 cm³/mol. The molecule has 1 aromatic carbocycles. The average Bonchev–Trinajstić information content (AvgIpc) is 2.91. The maximum atomic E-state index is 6.18. The molecule has 2 aromatic rings. The fourth-order valence-electron chi connectivity index (χ4n) is 3.99. The van der Waals surface area contributed by atoms with Crippen molar-refractivity contribution in [2.45, 2.75) is 52.4 Å². The van der Waals surface area contributed by atoms with E-state index in [1.54, 1.807) is 0 Å². The monoisotopic (exact) mass is 393 g/mol. The zero-order chi connectivity index (χ0) is 20.6. The van der Waals surface area contributed by atoms with Gasteiger partial charge in [0.25, 0.3) is 0 Å². The van der Waals surface area contributed by atoms with Gasteiger partial charge in [-0.3, -0.25) is 4.90 Å². The van der Waals surface area contributed by atoms with Gasteiger partial charge in [0, 0.05) is 44.4 Å². The molecule has 0 spiro atoms. The van der Waals surface area contributed by atoms with Gasteiger partial charge in [-0.25, -0.2) is 4.98 Å². The van der Waals surface area contributed by atoms with E-state index in [0.717, 1.165) is 44.0 Å². The first-order valence-electron chi connectivity index (χ1n) is 10.6. The Balaban J connectivity index is 1.39. The number of hydrogen-bond donors (Lipinski definition) is 0. The van der Waals surface area contributed by atoms with Gasteiger partial charge in [-0.15, -0.1) is 0 Å². The summed E-state index contributed by atoms with van der Waals surface area (Å²) in [6, 6.07) is 12.9. The molecule has 29 heavy (non-hydrogen) atoms. The highest BCUT2D eigenvalue weighted by Gasteiger charge is 2.51. The molecular weight excluding hydrogens is 361 g/mol. The second kappa shape index (κ2) is 7.75. The molecule has 2 aliphatic heterocycles. The first-order valence-corrected chi connectivity index (χ1v) is 10.6. The third-order valence-corrected chi connectivity index (χ3v) is 6.52. The van der Waals surface area contributed by atoms with E-state index in [9.17, 15) is 0 Å². The van der Waals surface area contributed by atoms with Gasteiger partial charge in [0.05, 0.1) is 11.2 Å². The Hall–Kier alpha value is -1.89. The van der Waals surface area contributed by atoms with E-state index in [-0.39, 0.29) is 18.3 Å². The van der Waals surface area contributed by atoms with Crippen molar-refractivity contribution in [3.63, 3.8) is 0 Å². The minimum absolute atomic E-state index is 0.334. The summed E-state index contributed by atoms with van der Waals surface area (Å²) in [5.41, 5.74) is 2.88. The van der Waals surface area contributed by atoms with E-state index in [1.807, 2.05) is 6.20 Å². The van der Waals surface area contributed by atoms with Crippen molar-refractivity contribution < 1.29 is 9.31 Å². The fraction of sp³-hybridized carbons (Fsp3) is 0.522. The van der Waals surface area contributed by atoms with Crippen molar-refractivity contribution in [2.75, 3.05) is 31.1 Å². The van der Waals surface area contributed by atoms with Crippen LogP contribution in [-0.4, -0.2) is 54.4 Å². The molecule has 154 valence electrons. The lowest BCUT2D eigenvalue weighted by Gasteiger charge is -2.36. The summed E-state index contributed by atoms with van der Waals surface area (Å²) in [5.74, 6) is 1.07. The van der Waals surface area contributed by atoms with Crippen LogP contribution in [0.15, 0.2) is 42.6 Å². The maximum Gasteiger partial charge on any atom is 0.496 e. The largest absolute Gasteiger partial charge is 0.496 e. The van der Waals surface area contributed by atoms with Crippen LogP contribution in [0.25, 0.3) is 0 Å². The highest BCUT2D eigenvalue weighted by Crippen LogP contribution is 2.36. The molecular formula is C23H32BN3O2. The topological polar surface area (TPSA) is 37.8 Å². The van der Waals surface area contributed by atoms with E-state index < -0.39 is 0 Å². The smallest absolute Gasteiger partial charge is 0.399 e. The van der Waals surface area contributed by atoms with Crippen molar-refractivity contribution in [2.24, 2.45) is 0 Å². The van der Waals surface area contributed by atoms with E-state index in [2.05, 4.69) is 80.8 Å². The fourth-order valence-corrected chi connectivity index (χ4v) is 3.99. The zero-order valence-corrected chi connectivity index (χ0v) is 18.3. The molecule has 0 N–H and O–H groups in total. The van der Waals surface area contributed by atoms with Crippen LogP contribution >= 0.6 is 0 Å². The minimum Gasteiger partial charge on any atom is -0.399 e. The second-order valence-corrected chi connectivity index (χ2v) is 9.25. The van der Waals surface area contributed by atoms with Gasteiger partial charge in [0.2, 0.25) is 0 Å². The van der Waals surface area contributed by atoms with E-state index >= 15 is 0 Å². The van der Waals surface area contributed by atoms with Crippen LogP contribution in [0.3, 0.4) is 0 Å². The molecule has 0 radical (unpaired) electrons. The number of aryl methyl sites for hydroxylation is 1. The number of nitrogens with zero attached hydrogens (tertiary/aromatic N) is 3. The van der Waals surface area contributed by atoms with E-state index in [4.69, 9.17) is 14.3 Å². The molecule has 1 aromatic heterocycles. The normalized spacial score (nSPS) is 21.6. The molecule has 2 saturated heterocycles. The molecule has 0 atom stereocenters. The Morgan fingerprint density at radius 3 is 2.17 bits per heavy atom. The molecule has 2 fully saturated rings. The molecule has 4 rings (SSSR count). The van der Waals surface area contributed by atoms with Gasteiger partial charge in [0.15, 0.2) is 0 Å². The Kier molecular flexibility index (Phi) is 5.45. The van der Waals surface area contributed by atoms with Crippen LogP contribution in [-0.2, 0) is 15.9 Å². The number of hydrogen-bond acceptors (Lipinski definition) is 5. The highest BCUT2D eigenvalue weighted by atomic mass is 16.7. The van der Waals surface area contributed by atoms with E-state index in [0.29, 0.717) is 0 Å². The molecule has 3 heterocycles. The van der Waals surface area contributed by atoms with Crippen molar-refractivity contribution in [1.82, 2.24) is 9.88 Å². The molecule has 5 nitrogen and oxygen atoms in total. The predicted octanol–water partition coefficient (Wildman–Crippen LogP) is 3.01. The number of pyridine rings is 1. The SMILES string of the molecule is Cc1cc(B2OC(C)(C)C(C)(C)O2)cnc1N1CCN(Cc2ccccc2)CC1. The van der Waals surface area contributed by atoms with Crippen LogP contribution in [0, 0.1) is 6.92 Å². The van der Waals surface area contributed by atoms with Crippen LogP contribution in [0.2, 0.25) is 0 Å². The van der Waals surface area contributed by atoms with Gasteiger partial charge in [0.1, 0.15) is 5.82 Å². The minimum atomic E-state index is -0.358. The van der Waals surface area contributed by atoms with Crippen molar-refractivity contribution in [3.8, 4) is 0 Å². The second-order valence-electron chi connectivity index (χ2n) is 9.25. The van der Waals surface area contributed by atoms with Crippen molar-refractivity contribution in [3.05, 3.63) is 53.7 Å². The number of benzene rings is 1. The Morgan fingerprint density at radius 2 is 1.59 bits per heavy atom. The van der Waals surface area contributed by atoms with Crippen molar-refractivity contribution in [1.29, 1.82) is 0 Å². The highest BCUT2D eigenvalue weighted by molar-refractivity contribution is 6.62. The van der Waals surface area contributed by atoms with Crippen LogP contribution in [0.1, 0.15) is 38.8 Å². The third-order valence-electron chi connectivity index (χ3n) is 6.52. The number of rotatable bonds is 4. The summed E-state index contributed by atoms with van der Waals surface area (Å²) in [5, 5.41) is 0. The van der Waals surface area contributed by atoms with Gasteiger partial charge in [-0.2, -0.15) is 0 Å². The maximum absolute atomic E-state index is 6.18. The summed E-state index contributed by atoms with van der Waals surface area (Å²) in [4.78, 5) is 9.71. The number of anilines is 1. The molecule has 0 aliphatic carbocycles. The number of aromatic nitrogens is 1. The first kappa shape index (κ1) is 20.4. The first-order chi connectivity index (χ1) is 13.7. The van der Waals surface area contributed by atoms with Gasteiger partial charge >= 0.3 is 7.12 Å². The zero-order valence-electron chi connectivity index (χ0n) is 18.3. The Labute approximate surface area is 175 Å². The lowest BCUT2D eigenvalue weighted by atomic mass is 9.79. The Bertz CT molecular complexity index is 832. The van der Waals surface area contributed by atoms with Crippen molar-refractivity contribution >= 4 is 18.4 Å². The lowest BCUT2D eigenvalue weighted by Crippen LogP contribution is -2.46. The van der Waals surface area contributed by atoms with Gasteiger partial charge in [-0.05, 0) is 45.7 Å². The molecule has 6 heteroatoms. The standard InChI is InChI=1S/C23H32BN3O2/c1-18-15-20(24-28-22(2,3)23(4,5)29-24)16-25-21(18)27-13-11-26(12-14-27)17-19-9-7-6-8-10-19/h6-10,15-16H,11-14,17H2,1-5H3. The summed E-state index contributed by atoms with van der Waals surface area (Å²) < 4.78 is 12.4. The van der Waals surface area contributed by atoms with Crippen LogP contribution < -0.4 is 10.4 Å². The molecule has 0 saturated carbocycles. The van der Waals surface area contributed by atoms with Crippen LogP contribution in [0.5, 0.6) is 0 Å². The lowest BCUT2D eigenvalue weighted by molar-refractivity contribution is 0.00578. The average molecular weight is 393 g/mol. The molecule has 2 aliphatic rings. The summed E-state index contributed by atoms with van der Waals surface area (Å²) in [6.45, 7) is 15.6. The third kappa shape index (κ3) is 4.20. The van der Waals surface area contributed by atoms with Crippen LogP contribution in [0.4, 0.5) is 5.82 Å². The van der Waals surface area contributed by atoms with E-state index in [1.165, 1.54) is 11.1 Å². The number of piperazine rings is 1. The molecule has 0 bridgehead atoms. The summed E-state index contributed by atoms with van der Waals surface area (Å²) in [6.07, 6.45) is 1.92. The van der Waals surface area contributed by atoms with Gasteiger partial charge < -0.3 is 14.2 Å². The molecule has 0 amide bonds. The Morgan fingerprint density at radius 1 is 0.966 bits per heavy atom.